The number of amides is 1. The number of aryl methyl sites for hydroxylation is 1. The third-order valence-electron chi connectivity index (χ3n) is 7.61. The van der Waals surface area contributed by atoms with Gasteiger partial charge in [-0.2, -0.15) is 13.2 Å². The largest absolute Gasteiger partial charge is 0.416 e. The Kier molecular flexibility index (Phi) is 9.25. The number of hydrazine groups is 1. The molecule has 43 heavy (non-hydrogen) atoms. The summed E-state index contributed by atoms with van der Waals surface area (Å²) in [6.07, 6.45) is -0.0765. The highest BCUT2D eigenvalue weighted by Crippen LogP contribution is 2.34. The molecule has 3 heterocycles. The van der Waals surface area contributed by atoms with Gasteiger partial charge in [-0.25, -0.2) is 10.8 Å². The highest BCUT2D eigenvalue weighted by atomic mass is 32.1. The van der Waals surface area contributed by atoms with E-state index in [1.54, 1.807) is 30.6 Å². The summed E-state index contributed by atoms with van der Waals surface area (Å²) < 4.78 is 46.7. The van der Waals surface area contributed by atoms with Crippen molar-refractivity contribution >= 4 is 45.0 Å². The van der Waals surface area contributed by atoms with Crippen LogP contribution in [0, 0.1) is 6.92 Å². The van der Waals surface area contributed by atoms with Crippen LogP contribution >= 0.6 is 11.3 Å². The third kappa shape index (κ3) is 7.66. The standard InChI is InChI=1S/C30H36F3N7O2S/c1-19-4-5-23(15-26(19)40(34)17-20(2)27-16-35-29(43-27)37-24-6-11-42-18-24)36-28(41)21-12-22(30(31,32)33)14-25(13-21)39-9-7-38(3)8-10-39/h4-5,12-17,24H,6-11,18,34H2,1-3H3,(H,35,37)(H,36,41)/b20-17+. The number of piperazine rings is 1. The van der Waals surface area contributed by atoms with Crippen molar-refractivity contribution in [3.8, 4) is 0 Å². The highest BCUT2D eigenvalue weighted by Gasteiger charge is 2.33. The molecule has 1 amide bonds. The van der Waals surface area contributed by atoms with Crippen molar-refractivity contribution in [2.24, 2.45) is 5.84 Å². The van der Waals surface area contributed by atoms with Gasteiger partial charge in [0.1, 0.15) is 0 Å². The first kappa shape index (κ1) is 30.8. The maximum atomic E-state index is 13.8. The zero-order valence-corrected chi connectivity index (χ0v) is 25.2. The molecular weight excluding hydrogens is 579 g/mol. The molecule has 0 spiro atoms. The number of halogens is 3. The van der Waals surface area contributed by atoms with Gasteiger partial charge in [0.05, 0.1) is 28.8 Å². The molecule has 9 nitrogen and oxygen atoms in total. The van der Waals surface area contributed by atoms with Crippen LogP contribution in [0.5, 0.6) is 0 Å². The molecule has 2 aliphatic heterocycles. The first-order chi connectivity index (χ1) is 20.5. The lowest BCUT2D eigenvalue weighted by atomic mass is 10.1. The van der Waals surface area contributed by atoms with E-state index in [0.29, 0.717) is 36.8 Å². The molecule has 4 N–H and O–H groups in total. The number of allylic oxidation sites excluding steroid dienone is 1. The molecule has 2 fully saturated rings. The van der Waals surface area contributed by atoms with Gasteiger partial charge >= 0.3 is 6.18 Å². The molecule has 0 saturated carbocycles. The second-order valence-electron chi connectivity index (χ2n) is 11.0. The molecule has 0 radical (unpaired) electrons. The lowest BCUT2D eigenvalue weighted by Crippen LogP contribution is -2.44. The fraction of sp³-hybridized carbons (Fsp3) is 0.400. The highest BCUT2D eigenvalue weighted by molar-refractivity contribution is 7.16. The number of nitrogens with one attached hydrogen (secondary N) is 2. The summed E-state index contributed by atoms with van der Waals surface area (Å²) in [6, 6.07) is 8.97. The molecule has 13 heteroatoms. The van der Waals surface area contributed by atoms with Crippen molar-refractivity contribution in [2.75, 3.05) is 67.0 Å². The number of rotatable bonds is 8. The van der Waals surface area contributed by atoms with Gasteiger partial charge < -0.3 is 25.2 Å². The summed E-state index contributed by atoms with van der Waals surface area (Å²) >= 11 is 1.52. The van der Waals surface area contributed by atoms with Gasteiger partial charge in [0.2, 0.25) is 0 Å². The Hall–Kier alpha value is -3.65. The van der Waals surface area contributed by atoms with Crippen LogP contribution in [0.25, 0.3) is 5.57 Å². The molecule has 0 aliphatic carbocycles. The van der Waals surface area contributed by atoms with Crippen LogP contribution in [0.1, 0.15) is 39.7 Å². The lowest BCUT2D eigenvalue weighted by Gasteiger charge is -2.34. The van der Waals surface area contributed by atoms with Crippen LogP contribution in [-0.4, -0.2) is 68.3 Å². The molecule has 1 aromatic heterocycles. The van der Waals surface area contributed by atoms with E-state index in [4.69, 9.17) is 10.6 Å². The number of aromatic nitrogens is 1. The number of nitrogens with two attached hydrogens (primary N) is 1. The molecule has 2 aliphatic rings. The van der Waals surface area contributed by atoms with Crippen molar-refractivity contribution in [3.05, 3.63) is 70.4 Å². The van der Waals surface area contributed by atoms with E-state index < -0.39 is 17.6 Å². The maximum absolute atomic E-state index is 13.8. The van der Waals surface area contributed by atoms with E-state index >= 15 is 0 Å². The van der Waals surface area contributed by atoms with Gasteiger partial charge in [-0.15, -0.1) is 0 Å². The van der Waals surface area contributed by atoms with Crippen molar-refractivity contribution in [3.63, 3.8) is 0 Å². The normalized spacial score (nSPS) is 18.2. The Morgan fingerprint density at radius 1 is 1.19 bits per heavy atom. The number of alkyl halides is 3. The third-order valence-corrected chi connectivity index (χ3v) is 8.67. The zero-order chi connectivity index (χ0) is 30.7. The Labute approximate surface area is 253 Å². The minimum atomic E-state index is -4.58. The Morgan fingerprint density at radius 3 is 2.65 bits per heavy atom. The SMILES string of the molecule is C/C(=C\N(N)c1cc(NC(=O)c2cc(N3CCN(C)CC3)cc(C(F)(F)F)c2)ccc1C)c1cnc(NC2CCOC2)s1. The summed E-state index contributed by atoms with van der Waals surface area (Å²) in [5.74, 6) is 5.79. The van der Waals surface area contributed by atoms with Crippen molar-refractivity contribution in [1.82, 2.24) is 9.88 Å². The van der Waals surface area contributed by atoms with Crippen LogP contribution in [0.2, 0.25) is 0 Å². The van der Waals surface area contributed by atoms with E-state index in [2.05, 4.69) is 20.5 Å². The number of anilines is 4. The van der Waals surface area contributed by atoms with Gasteiger partial charge in [0, 0.05) is 62.1 Å². The number of likely N-dealkylation sites (N-methyl/N-ethyl adjacent to an activating group) is 1. The van der Waals surface area contributed by atoms with Gasteiger partial charge in [0.15, 0.2) is 5.13 Å². The van der Waals surface area contributed by atoms with Crippen LogP contribution in [0.3, 0.4) is 0 Å². The predicted molar refractivity (Wildman–Crippen MR) is 166 cm³/mol. The molecule has 0 bridgehead atoms. The van der Waals surface area contributed by atoms with Crippen molar-refractivity contribution in [2.45, 2.75) is 32.5 Å². The van der Waals surface area contributed by atoms with Crippen LogP contribution in [0.15, 0.2) is 48.8 Å². The summed E-state index contributed by atoms with van der Waals surface area (Å²) in [5.41, 5.74) is 2.25. The summed E-state index contributed by atoms with van der Waals surface area (Å²) in [4.78, 5) is 22.7. The average molecular weight is 616 g/mol. The summed E-state index contributed by atoms with van der Waals surface area (Å²) in [5, 5.41) is 8.42. The number of benzene rings is 2. The molecule has 1 unspecified atom stereocenters. The van der Waals surface area contributed by atoms with Gasteiger partial charge in [0.25, 0.3) is 5.91 Å². The average Bonchev–Trinajstić information content (AvgIpc) is 3.66. The molecule has 2 aromatic carbocycles. The Bertz CT molecular complexity index is 1480. The second-order valence-corrected chi connectivity index (χ2v) is 12.0. The minimum Gasteiger partial charge on any atom is -0.379 e. The summed E-state index contributed by atoms with van der Waals surface area (Å²) in [7, 11) is 1.97. The van der Waals surface area contributed by atoms with Crippen molar-refractivity contribution < 1.29 is 22.7 Å². The smallest absolute Gasteiger partial charge is 0.379 e. The molecule has 1 atom stereocenters. The molecular formula is C30H36F3N7O2S. The van der Waals surface area contributed by atoms with Gasteiger partial charge in [-0.05, 0) is 68.8 Å². The topological polar surface area (TPSA) is 99.0 Å². The van der Waals surface area contributed by atoms with E-state index in [-0.39, 0.29) is 11.6 Å². The lowest BCUT2D eigenvalue weighted by molar-refractivity contribution is -0.137. The molecule has 5 rings (SSSR count). The number of hydrogen-bond donors (Lipinski definition) is 3. The van der Waals surface area contributed by atoms with Crippen molar-refractivity contribution in [1.29, 1.82) is 0 Å². The maximum Gasteiger partial charge on any atom is 0.416 e. The number of ether oxygens (including phenoxy) is 1. The Balaban J connectivity index is 1.32. The van der Waals surface area contributed by atoms with E-state index in [1.165, 1.54) is 22.4 Å². The number of carbonyl (C=O) groups is 1. The quantitative estimate of drug-likeness (QED) is 0.229. The number of carbonyl (C=O) groups excluding carboxylic acids is 1. The Morgan fingerprint density at radius 2 is 1.95 bits per heavy atom. The van der Waals surface area contributed by atoms with Crippen LogP contribution in [-0.2, 0) is 10.9 Å². The second kappa shape index (κ2) is 12.9. The monoisotopic (exact) mass is 615 g/mol. The molecule has 230 valence electrons. The van der Waals surface area contributed by atoms with E-state index in [0.717, 1.165) is 59.4 Å². The fourth-order valence-corrected chi connectivity index (χ4v) is 5.87. The predicted octanol–water partition coefficient (Wildman–Crippen LogP) is 5.42. The fourth-order valence-electron chi connectivity index (χ4n) is 5.01. The minimum absolute atomic E-state index is 0.0648. The van der Waals surface area contributed by atoms with Crippen LogP contribution in [0.4, 0.5) is 35.4 Å². The number of hydrogen-bond acceptors (Lipinski definition) is 9. The molecule has 2 saturated heterocycles. The van der Waals surface area contributed by atoms with E-state index in [1.807, 2.05) is 25.8 Å². The first-order valence-corrected chi connectivity index (χ1v) is 14.9. The first-order valence-electron chi connectivity index (χ1n) is 14.1. The number of thiazole rings is 1. The zero-order valence-electron chi connectivity index (χ0n) is 24.4. The number of nitrogens with zero attached hydrogens (tertiary/aromatic N) is 4. The van der Waals surface area contributed by atoms with Crippen LogP contribution < -0.4 is 26.4 Å². The molecule has 3 aromatic rings. The summed E-state index contributed by atoms with van der Waals surface area (Å²) in [6.45, 7) is 7.84. The van der Waals surface area contributed by atoms with Gasteiger partial charge in [-0.3, -0.25) is 9.80 Å². The van der Waals surface area contributed by atoms with Gasteiger partial charge in [-0.1, -0.05) is 17.4 Å². The van der Waals surface area contributed by atoms with E-state index in [9.17, 15) is 18.0 Å².